The van der Waals surface area contributed by atoms with Gasteiger partial charge in [-0.3, -0.25) is 4.79 Å². The molecule has 0 amide bonds. The van der Waals surface area contributed by atoms with Crippen LogP contribution in [-0.2, 0) is 9.53 Å². The van der Waals surface area contributed by atoms with Gasteiger partial charge in [0.25, 0.3) is 0 Å². The topological polar surface area (TPSA) is 38.3 Å². The first-order chi connectivity index (χ1) is 6.77. The lowest BCUT2D eigenvalue weighted by Crippen LogP contribution is -2.33. The zero-order chi connectivity index (χ0) is 10.4. The molecule has 1 saturated carbocycles. The molecule has 1 aliphatic carbocycles. The molecule has 4 heteroatoms. The standard InChI is InChI=1S/C10H19NO2S/c1-3-11-9(8-4-5-8)6-14-7-10(12)13-2/h8-9,11H,3-7H2,1-2H3. The molecule has 0 aromatic carbocycles. The normalized spacial score (nSPS) is 17.9. The Balaban J connectivity index is 2.10. The van der Waals surface area contributed by atoms with Gasteiger partial charge in [0, 0.05) is 11.8 Å². The van der Waals surface area contributed by atoms with Gasteiger partial charge in [-0.1, -0.05) is 6.92 Å². The van der Waals surface area contributed by atoms with E-state index >= 15 is 0 Å². The number of methoxy groups -OCH3 is 1. The fraction of sp³-hybridized carbons (Fsp3) is 0.900. The van der Waals surface area contributed by atoms with Gasteiger partial charge in [-0.2, -0.15) is 0 Å². The first kappa shape index (κ1) is 11.9. The summed E-state index contributed by atoms with van der Waals surface area (Å²) in [7, 11) is 1.44. The minimum atomic E-state index is -0.124. The van der Waals surface area contributed by atoms with Crippen LogP contribution < -0.4 is 5.32 Å². The monoisotopic (exact) mass is 217 g/mol. The molecule has 0 aromatic heterocycles. The second kappa shape index (κ2) is 6.30. The summed E-state index contributed by atoms with van der Waals surface area (Å²) in [5, 5.41) is 3.46. The summed E-state index contributed by atoms with van der Waals surface area (Å²) in [6.07, 6.45) is 2.69. The van der Waals surface area contributed by atoms with E-state index in [-0.39, 0.29) is 5.97 Å². The Labute approximate surface area is 90.0 Å². The van der Waals surface area contributed by atoms with Crippen LogP contribution in [0.3, 0.4) is 0 Å². The molecule has 0 saturated heterocycles. The average Bonchev–Trinajstić information content (AvgIpc) is 2.99. The summed E-state index contributed by atoms with van der Waals surface area (Å²) in [5.41, 5.74) is 0. The van der Waals surface area contributed by atoms with Gasteiger partial charge in [0.1, 0.15) is 0 Å². The lowest BCUT2D eigenvalue weighted by atomic mass is 10.2. The van der Waals surface area contributed by atoms with Crippen molar-refractivity contribution in [1.82, 2.24) is 5.32 Å². The van der Waals surface area contributed by atoms with Crippen molar-refractivity contribution in [1.29, 1.82) is 0 Å². The largest absolute Gasteiger partial charge is 0.468 e. The molecule has 14 heavy (non-hydrogen) atoms. The Bertz CT molecular complexity index is 183. The number of hydrogen-bond donors (Lipinski definition) is 1. The molecule has 1 rings (SSSR count). The summed E-state index contributed by atoms with van der Waals surface area (Å²) >= 11 is 1.67. The highest BCUT2D eigenvalue weighted by atomic mass is 32.2. The van der Waals surface area contributed by atoms with E-state index in [1.165, 1.54) is 20.0 Å². The van der Waals surface area contributed by atoms with Crippen LogP contribution >= 0.6 is 11.8 Å². The lowest BCUT2D eigenvalue weighted by molar-refractivity contribution is -0.137. The van der Waals surface area contributed by atoms with Crippen LogP contribution in [0.25, 0.3) is 0 Å². The number of carbonyl (C=O) groups excluding carboxylic acids is 1. The highest BCUT2D eigenvalue weighted by Gasteiger charge is 2.30. The molecule has 0 heterocycles. The average molecular weight is 217 g/mol. The molecule has 0 spiro atoms. The molecule has 1 fully saturated rings. The van der Waals surface area contributed by atoms with E-state index in [1.54, 1.807) is 11.8 Å². The van der Waals surface area contributed by atoms with E-state index in [1.807, 2.05) is 0 Å². The van der Waals surface area contributed by atoms with Gasteiger partial charge >= 0.3 is 5.97 Å². The van der Waals surface area contributed by atoms with Crippen LogP contribution in [0.5, 0.6) is 0 Å². The number of ether oxygens (including phenoxy) is 1. The Morgan fingerprint density at radius 1 is 1.64 bits per heavy atom. The number of nitrogens with one attached hydrogen (secondary N) is 1. The van der Waals surface area contributed by atoms with E-state index in [0.717, 1.165) is 18.2 Å². The Kier molecular flexibility index (Phi) is 5.33. The van der Waals surface area contributed by atoms with Crippen molar-refractivity contribution < 1.29 is 9.53 Å². The smallest absolute Gasteiger partial charge is 0.315 e. The molecule has 82 valence electrons. The molecule has 0 aliphatic heterocycles. The zero-order valence-electron chi connectivity index (χ0n) is 8.91. The van der Waals surface area contributed by atoms with Crippen LogP contribution in [0.15, 0.2) is 0 Å². The molecule has 0 radical (unpaired) electrons. The van der Waals surface area contributed by atoms with E-state index in [4.69, 9.17) is 0 Å². The SMILES string of the molecule is CCNC(CSCC(=O)OC)C1CC1. The third kappa shape index (κ3) is 4.33. The third-order valence-electron chi connectivity index (χ3n) is 2.40. The number of hydrogen-bond acceptors (Lipinski definition) is 4. The molecule has 0 bridgehead atoms. The van der Waals surface area contributed by atoms with Crippen LogP contribution in [0.2, 0.25) is 0 Å². The fourth-order valence-electron chi connectivity index (χ4n) is 1.45. The van der Waals surface area contributed by atoms with E-state index in [9.17, 15) is 4.79 Å². The first-order valence-corrected chi connectivity index (χ1v) is 6.31. The molecule has 3 nitrogen and oxygen atoms in total. The summed E-state index contributed by atoms with van der Waals surface area (Å²) in [4.78, 5) is 10.9. The molecule has 1 unspecified atom stereocenters. The second-order valence-corrected chi connectivity index (χ2v) is 4.62. The van der Waals surface area contributed by atoms with Crippen molar-refractivity contribution in [2.75, 3.05) is 25.2 Å². The highest BCUT2D eigenvalue weighted by molar-refractivity contribution is 7.99. The Morgan fingerprint density at radius 2 is 2.36 bits per heavy atom. The Morgan fingerprint density at radius 3 is 2.86 bits per heavy atom. The zero-order valence-corrected chi connectivity index (χ0v) is 9.73. The van der Waals surface area contributed by atoms with Gasteiger partial charge < -0.3 is 10.1 Å². The molecular formula is C10H19NO2S. The predicted octanol–water partition coefficient (Wildman–Crippen LogP) is 1.28. The summed E-state index contributed by atoms with van der Waals surface area (Å²) in [6, 6.07) is 0.592. The molecule has 1 N–H and O–H groups in total. The maximum atomic E-state index is 10.9. The summed E-state index contributed by atoms with van der Waals surface area (Å²) in [6.45, 7) is 3.14. The van der Waals surface area contributed by atoms with Gasteiger partial charge in [0.2, 0.25) is 0 Å². The van der Waals surface area contributed by atoms with Crippen molar-refractivity contribution in [3.05, 3.63) is 0 Å². The molecule has 1 atom stereocenters. The minimum absolute atomic E-state index is 0.124. The molecule has 0 aromatic rings. The first-order valence-electron chi connectivity index (χ1n) is 5.15. The number of carbonyl (C=O) groups is 1. The quantitative estimate of drug-likeness (QED) is 0.652. The minimum Gasteiger partial charge on any atom is -0.468 e. The van der Waals surface area contributed by atoms with E-state index in [2.05, 4.69) is 17.0 Å². The van der Waals surface area contributed by atoms with Gasteiger partial charge in [-0.05, 0) is 25.3 Å². The van der Waals surface area contributed by atoms with Crippen LogP contribution in [-0.4, -0.2) is 37.2 Å². The van der Waals surface area contributed by atoms with Crippen molar-refractivity contribution >= 4 is 17.7 Å². The fourth-order valence-corrected chi connectivity index (χ4v) is 2.50. The van der Waals surface area contributed by atoms with Crippen molar-refractivity contribution in [3.8, 4) is 0 Å². The van der Waals surface area contributed by atoms with Crippen molar-refractivity contribution in [2.24, 2.45) is 5.92 Å². The van der Waals surface area contributed by atoms with Gasteiger partial charge in [-0.15, -0.1) is 11.8 Å². The van der Waals surface area contributed by atoms with Gasteiger partial charge in [0.15, 0.2) is 0 Å². The summed E-state index contributed by atoms with van der Waals surface area (Å²) < 4.78 is 4.59. The maximum absolute atomic E-state index is 10.9. The van der Waals surface area contributed by atoms with Crippen LogP contribution in [0.4, 0.5) is 0 Å². The van der Waals surface area contributed by atoms with Gasteiger partial charge in [-0.25, -0.2) is 0 Å². The Hall–Kier alpha value is -0.220. The number of thioether (sulfide) groups is 1. The maximum Gasteiger partial charge on any atom is 0.315 e. The summed E-state index contributed by atoms with van der Waals surface area (Å²) in [5.74, 6) is 2.22. The number of esters is 1. The third-order valence-corrected chi connectivity index (χ3v) is 3.44. The number of rotatable bonds is 7. The van der Waals surface area contributed by atoms with Crippen LogP contribution in [0.1, 0.15) is 19.8 Å². The van der Waals surface area contributed by atoms with Crippen molar-refractivity contribution in [3.63, 3.8) is 0 Å². The molecule has 1 aliphatic rings. The van der Waals surface area contributed by atoms with Gasteiger partial charge in [0.05, 0.1) is 12.9 Å². The van der Waals surface area contributed by atoms with E-state index < -0.39 is 0 Å². The van der Waals surface area contributed by atoms with Crippen molar-refractivity contribution in [2.45, 2.75) is 25.8 Å². The molecular weight excluding hydrogens is 198 g/mol. The lowest BCUT2D eigenvalue weighted by Gasteiger charge is -2.16. The predicted molar refractivity (Wildman–Crippen MR) is 59.5 cm³/mol. The second-order valence-electron chi connectivity index (χ2n) is 3.59. The van der Waals surface area contributed by atoms with E-state index in [0.29, 0.717) is 11.8 Å². The highest BCUT2D eigenvalue weighted by Crippen LogP contribution is 2.33. The van der Waals surface area contributed by atoms with Crippen LogP contribution in [0, 0.1) is 5.92 Å².